The van der Waals surface area contributed by atoms with Crippen LogP contribution in [0.2, 0.25) is 5.02 Å². The first-order chi connectivity index (χ1) is 8.26. The summed E-state index contributed by atoms with van der Waals surface area (Å²) in [5.41, 5.74) is 0.535. The van der Waals surface area contributed by atoms with Crippen molar-refractivity contribution in [3.63, 3.8) is 0 Å². The van der Waals surface area contributed by atoms with Gasteiger partial charge in [-0.05, 0) is 17.7 Å². The van der Waals surface area contributed by atoms with Crippen LogP contribution in [0.1, 0.15) is 5.56 Å². The molecule has 0 aliphatic heterocycles. The molecule has 0 aromatic heterocycles. The SMILES string of the molecule is O=C(O)CN(Cc1cccc(Cl)c1)CC(F)(F)F. The highest BCUT2D eigenvalue weighted by Gasteiger charge is 2.31. The lowest BCUT2D eigenvalue weighted by atomic mass is 10.2. The van der Waals surface area contributed by atoms with Gasteiger partial charge in [0.1, 0.15) is 0 Å². The van der Waals surface area contributed by atoms with Crippen LogP contribution in [0, 0.1) is 0 Å². The van der Waals surface area contributed by atoms with Gasteiger partial charge in [-0.15, -0.1) is 0 Å². The summed E-state index contributed by atoms with van der Waals surface area (Å²) < 4.78 is 36.8. The van der Waals surface area contributed by atoms with Crippen LogP contribution in [0.3, 0.4) is 0 Å². The van der Waals surface area contributed by atoms with E-state index in [0.717, 1.165) is 4.90 Å². The lowest BCUT2D eigenvalue weighted by molar-refractivity contribution is -0.154. The molecular formula is C11H11ClF3NO2. The second-order valence-electron chi connectivity index (χ2n) is 3.78. The van der Waals surface area contributed by atoms with Crippen LogP contribution in [0.25, 0.3) is 0 Å². The Kier molecular flexibility index (Phi) is 4.98. The van der Waals surface area contributed by atoms with E-state index >= 15 is 0 Å². The van der Waals surface area contributed by atoms with Crippen LogP contribution in [-0.2, 0) is 11.3 Å². The van der Waals surface area contributed by atoms with E-state index in [1.165, 1.54) is 6.07 Å². The monoisotopic (exact) mass is 281 g/mol. The van der Waals surface area contributed by atoms with Crippen molar-refractivity contribution < 1.29 is 23.1 Å². The van der Waals surface area contributed by atoms with Crippen molar-refractivity contribution in [2.45, 2.75) is 12.7 Å². The average Bonchev–Trinajstić information content (AvgIpc) is 2.12. The Hall–Kier alpha value is -1.27. The number of halogens is 4. The zero-order valence-corrected chi connectivity index (χ0v) is 10.0. The Balaban J connectivity index is 2.74. The smallest absolute Gasteiger partial charge is 0.401 e. The summed E-state index contributed by atoms with van der Waals surface area (Å²) in [7, 11) is 0. The summed E-state index contributed by atoms with van der Waals surface area (Å²) in [6.45, 7) is -2.07. The standard InChI is InChI=1S/C11H11ClF3NO2/c12-9-3-1-2-8(4-9)5-16(6-10(17)18)7-11(13,14)15/h1-4H,5-7H2,(H,17,18). The normalized spacial score (nSPS) is 11.8. The molecule has 1 N–H and O–H groups in total. The Morgan fingerprint density at radius 3 is 2.56 bits per heavy atom. The van der Waals surface area contributed by atoms with Gasteiger partial charge in [0, 0.05) is 11.6 Å². The van der Waals surface area contributed by atoms with Crippen molar-refractivity contribution in [2.24, 2.45) is 0 Å². The Morgan fingerprint density at radius 1 is 1.39 bits per heavy atom. The number of rotatable bonds is 5. The van der Waals surface area contributed by atoms with Crippen molar-refractivity contribution >= 4 is 17.6 Å². The third-order valence-corrected chi connectivity index (χ3v) is 2.29. The zero-order chi connectivity index (χ0) is 13.8. The number of carbonyl (C=O) groups is 1. The van der Waals surface area contributed by atoms with Gasteiger partial charge < -0.3 is 5.11 Å². The summed E-state index contributed by atoms with van der Waals surface area (Å²) in [6, 6.07) is 6.30. The Morgan fingerprint density at radius 2 is 2.06 bits per heavy atom. The Bertz CT molecular complexity index is 423. The molecule has 0 fully saturated rings. The van der Waals surface area contributed by atoms with Gasteiger partial charge in [-0.25, -0.2) is 0 Å². The van der Waals surface area contributed by atoms with E-state index in [1.807, 2.05) is 0 Å². The molecule has 18 heavy (non-hydrogen) atoms. The summed E-state index contributed by atoms with van der Waals surface area (Å²) >= 11 is 5.71. The Labute approximate surface area is 107 Å². The molecule has 0 aliphatic carbocycles. The molecule has 7 heteroatoms. The largest absolute Gasteiger partial charge is 0.480 e. The third-order valence-electron chi connectivity index (χ3n) is 2.06. The van der Waals surface area contributed by atoms with Gasteiger partial charge in [0.25, 0.3) is 0 Å². The molecule has 0 amide bonds. The summed E-state index contributed by atoms with van der Waals surface area (Å²) in [6.07, 6.45) is -4.44. The first kappa shape index (κ1) is 14.8. The van der Waals surface area contributed by atoms with Crippen LogP contribution in [0.5, 0.6) is 0 Å². The highest BCUT2D eigenvalue weighted by molar-refractivity contribution is 6.30. The lowest BCUT2D eigenvalue weighted by Crippen LogP contribution is -2.37. The van der Waals surface area contributed by atoms with Gasteiger partial charge in [0.2, 0.25) is 0 Å². The minimum absolute atomic E-state index is 0.119. The zero-order valence-electron chi connectivity index (χ0n) is 9.25. The van der Waals surface area contributed by atoms with Gasteiger partial charge in [-0.1, -0.05) is 23.7 Å². The number of hydrogen-bond donors (Lipinski definition) is 1. The molecule has 0 spiro atoms. The fraction of sp³-hybridized carbons (Fsp3) is 0.364. The maximum Gasteiger partial charge on any atom is 0.401 e. The molecule has 0 radical (unpaired) electrons. The minimum Gasteiger partial charge on any atom is -0.480 e. The van der Waals surface area contributed by atoms with E-state index in [2.05, 4.69) is 0 Å². The lowest BCUT2D eigenvalue weighted by Gasteiger charge is -2.21. The molecule has 100 valence electrons. The van der Waals surface area contributed by atoms with Crippen molar-refractivity contribution in [1.82, 2.24) is 4.90 Å². The molecule has 0 aliphatic rings. The van der Waals surface area contributed by atoms with Gasteiger partial charge in [0.15, 0.2) is 0 Å². The summed E-state index contributed by atoms with van der Waals surface area (Å²) in [5, 5.41) is 8.98. The molecular weight excluding hydrogens is 271 g/mol. The van der Waals surface area contributed by atoms with E-state index in [4.69, 9.17) is 16.7 Å². The fourth-order valence-corrected chi connectivity index (χ4v) is 1.72. The molecule has 0 bridgehead atoms. The van der Waals surface area contributed by atoms with E-state index in [-0.39, 0.29) is 6.54 Å². The first-order valence-corrected chi connectivity index (χ1v) is 5.39. The molecule has 1 aromatic rings. The molecule has 0 unspecified atom stereocenters. The van der Waals surface area contributed by atoms with Crippen LogP contribution in [0.4, 0.5) is 13.2 Å². The predicted octanol–water partition coefficient (Wildman–Crippen LogP) is 2.79. The van der Waals surface area contributed by atoms with E-state index in [9.17, 15) is 18.0 Å². The van der Waals surface area contributed by atoms with Crippen LogP contribution in [-0.4, -0.2) is 35.2 Å². The van der Waals surface area contributed by atoms with Gasteiger partial charge in [-0.2, -0.15) is 13.2 Å². The second-order valence-corrected chi connectivity index (χ2v) is 4.22. The maximum atomic E-state index is 12.3. The highest BCUT2D eigenvalue weighted by Crippen LogP contribution is 2.19. The van der Waals surface area contributed by atoms with Crippen LogP contribution < -0.4 is 0 Å². The number of nitrogens with zero attached hydrogens (tertiary/aromatic N) is 1. The number of benzene rings is 1. The summed E-state index contributed by atoms with van der Waals surface area (Å²) in [4.78, 5) is 11.3. The van der Waals surface area contributed by atoms with Gasteiger partial charge in [0.05, 0.1) is 13.1 Å². The van der Waals surface area contributed by atoms with Gasteiger partial charge >= 0.3 is 12.1 Å². The van der Waals surface area contributed by atoms with E-state index < -0.39 is 25.2 Å². The molecule has 1 aromatic carbocycles. The van der Waals surface area contributed by atoms with Crippen molar-refractivity contribution in [3.8, 4) is 0 Å². The molecule has 0 saturated heterocycles. The second kappa shape index (κ2) is 6.06. The van der Waals surface area contributed by atoms with Crippen LogP contribution in [0.15, 0.2) is 24.3 Å². The fourth-order valence-electron chi connectivity index (χ4n) is 1.51. The highest BCUT2D eigenvalue weighted by atomic mass is 35.5. The molecule has 0 atom stereocenters. The minimum atomic E-state index is -4.44. The summed E-state index contributed by atoms with van der Waals surface area (Å²) in [5.74, 6) is -1.30. The molecule has 3 nitrogen and oxygen atoms in total. The van der Waals surface area contributed by atoms with Crippen molar-refractivity contribution in [3.05, 3.63) is 34.9 Å². The number of carboxylic acid groups (broad SMARTS) is 1. The average molecular weight is 282 g/mol. The van der Waals surface area contributed by atoms with Crippen molar-refractivity contribution in [1.29, 1.82) is 0 Å². The number of carboxylic acids is 1. The van der Waals surface area contributed by atoms with E-state index in [1.54, 1.807) is 18.2 Å². The maximum absolute atomic E-state index is 12.3. The molecule has 1 rings (SSSR count). The first-order valence-electron chi connectivity index (χ1n) is 5.01. The number of hydrogen-bond acceptors (Lipinski definition) is 2. The predicted molar refractivity (Wildman–Crippen MR) is 60.4 cm³/mol. The van der Waals surface area contributed by atoms with Gasteiger partial charge in [-0.3, -0.25) is 9.69 Å². The number of alkyl halides is 3. The third kappa shape index (κ3) is 5.88. The van der Waals surface area contributed by atoms with Crippen LogP contribution >= 0.6 is 11.6 Å². The van der Waals surface area contributed by atoms with E-state index in [0.29, 0.717) is 10.6 Å². The quantitative estimate of drug-likeness (QED) is 0.902. The molecule has 0 heterocycles. The number of aliphatic carboxylic acids is 1. The molecule has 0 saturated carbocycles. The topological polar surface area (TPSA) is 40.5 Å². The van der Waals surface area contributed by atoms with Crippen molar-refractivity contribution in [2.75, 3.05) is 13.1 Å².